The van der Waals surface area contributed by atoms with Crippen LogP contribution in [0.4, 0.5) is 0 Å². The van der Waals surface area contributed by atoms with E-state index in [0.29, 0.717) is 13.2 Å². The molecule has 0 unspecified atom stereocenters. The molecule has 0 spiro atoms. The molecule has 0 atom stereocenters. The molecule has 2 aromatic rings. The monoisotopic (exact) mass is 259 g/mol. The molecule has 0 aliphatic rings. The van der Waals surface area contributed by atoms with Gasteiger partial charge in [0.2, 0.25) is 0 Å². The van der Waals surface area contributed by atoms with E-state index in [1.54, 1.807) is 0 Å². The number of nitrogens with one attached hydrogen (secondary N) is 1. The van der Waals surface area contributed by atoms with E-state index in [9.17, 15) is 0 Å². The van der Waals surface area contributed by atoms with Crippen LogP contribution in [0.1, 0.15) is 29.6 Å². The second-order valence-electron chi connectivity index (χ2n) is 4.55. The Bertz CT molecular complexity index is 491. The van der Waals surface area contributed by atoms with Gasteiger partial charge in [0.15, 0.2) is 0 Å². The van der Waals surface area contributed by atoms with Gasteiger partial charge in [0.25, 0.3) is 0 Å². The first-order valence-electron chi connectivity index (χ1n) is 6.70. The van der Waals surface area contributed by atoms with Crippen molar-refractivity contribution in [3.05, 3.63) is 59.0 Å². The topological polar surface area (TPSA) is 34.4 Å². The summed E-state index contributed by atoms with van der Waals surface area (Å²) in [5.74, 6) is 1.86. The fourth-order valence-electron chi connectivity index (χ4n) is 1.94. The van der Waals surface area contributed by atoms with Crippen LogP contribution < -0.4 is 5.32 Å². The number of rotatable bonds is 7. The molecule has 1 aromatic heterocycles. The van der Waals surface area contributed by atoms with Gasteiger partial charge >= 0.3 is 0 Å². The molecule has 1 N–H and O–H groups in total. The molecule has 1 heterocycles. The first kappa shape index (κ1) is 13.8. The molecule has 0 radical (unpaired) electrons. The van der Waals surface area contributed by atoms with Gasteiger partial charge in [0.1, 0.15) is 18.1 Å². The van der Waals surface area contributed by atoms with Crippen molar-refractivity contribution in [2.24, 2.45) is 0 Å². The van der Waals surface area contributed by atoms with Gasteiger partial charge in [-0.05, 0) is 25.1 Å². The van der Waals surface area contributed by atoms with Crippen LogP contribution in [0.15, 0.2) is 40.8 Å². The van der Waals surface area contributed by atoms with Crippen molar-refractivity contribution in [1.82, 2.24) is 5.32 Å². The Balaban J connectivity index is 1.83. The molecule has 0 amide bonds. The Kier molecular flexibility index (Phi) is 5.19. The minimum Gasteiger partial charge on any atom is -0.464 e. The summed E-state index contributed by atoms with van der Waals surface area (Å²) >= 11 is 0. The summed E-state index contributed by atoms with van der Waals surface area (Å²) < 4.78 is 11.3. The fourth-order valence-corrected chi connectivity index (χ4v) is 1.94. The third-order valence-electron chi connectivity index (χ3n) is 2.99. The van der Waals surface area contributed by atoms with Crippen LogP contribution in [0.5, 0.6) is 0 Å². The SMILES string of the molecule is CCNCc1cc(COCc2ccccc2)oc1C. The molecule has 0 aliphatic carbocycles. The predicted octanol–water partition coefficient (Wildman–Crippen LogP) is 3.41. The average molecular weight is 259 g/mol. The van der Waals surface area contributed by atoms with Gasteiger partial charge in [0.05, 0.1) is 6.61 Å². The maximum absolute atomic E-state index is 5.68. The van der Waals surface area contributed by atoms with Crippen molar-refractivity contribution in [3.63, 3.8) is 0 Å². The highest BCUT2D eigenvalue weighted by atomic mass is 16.5. The van der Waals surface area contributed by atoms with Crippen molar-refractivity contribution in [2.75, 3.05) is 6.54 Å². The molecule has 102 valence electrons. The van der Waals surface area contributed by atoms with Gasteiger partial charge in [0, 0.05) is 12.1 Å². The number of ether oxygens (including phenoxy) is 1. The smallest absolute Gasteiger partial charge is 0.130 e. The summed E-state index contributed by atoms with van der Waals surface area (Å²) in [7, 11) is 0. The number of aryl methyl sites for hydroxylation is 1. The maximum Gasteiger partial charge on any atom is 0.130 e. The normalized spacial score (nSPS) is 10.8. The standard InChI is InChI=1S/C16H21NO2/c1-3-17-10-15-9-16(19-13(15)2)12-18-11-14-7-5-4-6-8-14/h4-9,17H,3,10-12H2,1-2H3. The molecular weight excluding hydrogens is 238 g/mol. The second kappa shape index (κ2) is 7.12. The van der Waals surface area contributed by atoms with Crippen molar-refractivity contribution in [1.29, 1.82) is 0 Å². The van der Waals surface area contributed by atoms with E-state index in [-0.39, 0.29) is 0 Å². The summed E-state index contributed by atoms with van der Waals surface area (Å²) in [6.45, 7) is 7.03. The average Bonchev–Trinajstić information content (AvgIpc) is 2.78. The van der Waals surface area contributed by atoms with Crippen LogP contribution in [0.25, 0.3) is 0 Å². The number of hydrogen-bond acceptors (Lipinski definition) is 3. The third kappa shape index (κ3) is 4.23. The van der Waals surface area contributed by atoms with Crippen molar-refractivity contribution in [3.8, 4) is 0 Å². The van der Waals surface area contributed by atoms with E-state index in [1.165, 1.54) is 11.1 Å². The van der Waals surface area contributed by atoms with E-state index in [4.69, 9.17) is 9.15 Å². The van der Waals surface area contributed by atoms with E-state index in [0.717, 1.165) is 24.6 Å². The lowest BCUT2D eigenvalue weighted by Gasteiger charge is -2.01. The zero-order chi connectivity index (χ0) is 13.5. The van der Waals surface area contributed by atoms with E-state index in [2.05, 4.69) is 30.4 Å². The van der Waals surface area contributed by atoms with Crippen LogP contribution >= 0.6 is 0 Å². The zero-order valence-corrected chi connectivity index (χ0v) is 11.6. The second-order valence-corrected chi connectivity index (χ2v) is 4.55. The molecular formula is C16H21NO2. The van der Waals surface area contributed by atoms with Gasteiger partial charge < -0.3 is 14.5 Å². The summed E-state index contributed by atoms with van der Waals surface area (Å²) in [5, 5.41) is 3.30. The van der Waals surface area contributed by atoms with E-state index < -0.39 is 0 Å². The zero-order valence-electron chi connectivity index (χ0n) is 11.6. The highest BCUT2D eigenvalue weighted by Gasteiger charge is 2.06. The first-order chi connectivity index (χ1) is 9.29. The lowest BCUT2D eigenvalue weighted by Crippen LogP contribution is -2.11. The Morgan fingerprint density at radius 1 is 1.16 bits per heavy atom. The lowest BCUT2D eigenvalue weighted by atomic mass is 10.2. The molecule has 0 saturated heterocycles. The quantitative estimate of drug-likeness (QED) is 0.827. The largest absolute Gasteiger partial charge is 0.464 e. The molecule has 0 bridgehead atoms. The van der Waals surface area contributed by atoms with Crippen LogP contribution in [0.3, 0.4) is 0 Å². The van der Waals surface area contributed by atoms with Crippen molar-refractivity contribution < 1.29 is 9.15 Å². The number of benzene rings is 1. The van der Waals surface area contributed by atoms with Gasteiger partial charge in [-0.15, -0.1) is 0 Å². The molecule has 1 aromatic carbocycles. The number of furan rings is 1. The van der Waals surface area contributed by atoms with E-state index in [1.807, 2.05) is 25.1 Å². The predicted molar refractivity (Wildman–Crippen MR) is 75.8 cm³/mol. The van der Waals surface area contributed by atoms with Gasteiger partial charge in [-0.3, -0.25) is 0 Å². The minimum absolute atomic E-state index is 0.516. The molecule has 3 nitrogen and oxygen atoms in total. The van der Waals surface area contributed by atoms with Gasteiger partial charge in [-0.1, -0.05) is 37.3 Å². The first-order valence-corrected chi connectivity index (χ1v) is 6.70. The molecule has 3 heteroatoms. The van der Waals surface area contributed by atoms with Crippen molar-refractivity contribution >= 4 is 0 Å². The number of hydrogen-bond donors (Lipinski definition) is 1. The third-order valence-corrected chi connectivity index (χ3v) is 2.99. The Morgan fingerprint density at radius 2 is 1.95 bits per heavy atom. The molecule has 0 saturated carbocycles. The summed E-state index contributed by atoms with van der Waals surface area (Å²) in [5.41, 5.74) is 2.39. The lowest BCUT2D eigenvalue weighted by molar-refractivity contribution is 0.0923. The van der Waals surface area contributed by atoms with Crippen molar-refractivity contribution in [2.45, 2.75) is 33.6 Å². The summed E-state index contributed by atoms with van der Waals surface area (Å²) in [6, 6.07) is 12.2. The fraction of sp³-hybridized carbons (Fsp3) is 0.375. The Labute approximate surface area is 114 Å². The minimum atomic E-state index is 0.516. The summed E-state index contributed by atoms with van der Waals surface area (Å²) in [6.07, 6.45) is 0. The van der Waals surface area contributed by atoms with Gasteiger partial charge in [-0.25, -0.2) is 0 Å². The Morgan fingerprint density at radius 3 is 2.68 bits per heavy atom. The highest BCUT2D eigenvalue weighted by molar-refractivity contribution is 5.20. The molecule has 0 fully saturated rings. The van der Waals surface area contributed by atoms with Crippen LogP contribution in [-0.4, -0.2) is 6.54 Å². The Hall–Kier alpha value is -1.58. The van der Waals surface area contributed by atoms with Crippen LogP contribution in [-0.2, 0) is 24.5 Å². The van der Waals surface area contributed by atoms with Crippen LogP contribution in [0.2, 0.25) is 0 Å². The molecule has 19 heavy (non-hydrogen) atoms. The maximum atomic E-state index is 5.68. The summed E-state index contributed by atoms with van der Waals surface area (Å²) in [4.78, 5) is 0. The molecule has 2 rings (SSSR count). The van der Waals surface area contributed by atoms with Crippen LogP contribution in [0, 0.1) is 6.92 Å². The highest BCUT2D eigenvalue weighted by Crippen LogP contribution is 2.16. The molecule has 0 aliphatic heterocycles. The van der Waals surface area contributed by atoms with Gasteiger partial charge in [-0.2, -0.15) is 0 Å². The van der Waals surface area contributed by atoms with E-state index >= 15 is 0 Å².